The molecule has 0 radical (unpaired) electrons. The maximum absolute atomic E-state index is 3.49. The molecule has 0 fully saturated rings. The van der Waals surface area contributed by atoms with Gasteiger partial charge in [-0.15, -0.1) is 17.8 Å². The third-order valence-electron chi connectivity index (χ3n) is 4.59. The highest BCUT2D eigenvalue weighted by atomic mass is 14.3. The first-order valence-corrected chi connectivity index (χ1v) is 8.22. The molecular weight excluding hydrogens is 240 g/mol. The van der Waals surface area contributed by atoms with Crippen LogP contribution >= 0.6 is 0 Å². The zero-order valence-corrected chi connectivity index (χ0v) is 13.8. The van der Waals surface area contributed by atoms with Crippen molar-refractivity contribution in [1.29, 1.82) is 0 Å². The van der Waals surface area contributed by atoms with Crippen LogP contribution in [-0.4, -0.2) is 0 Å². The minimum absolute atomic E-state index is 0.440. The standard InChI is InChI=1S/C20H30/c1-5-8-10-13-18(12-9-6-2)19-14-11-16-20(4,7-3)17-15-19/h15,18H,6-7,10-11,13-14,16-17H2,1-4H3. The summed E-state index contributed by atoms with van der Waals surface area (Å²) in [5.41, 5.74) is 2.09. The van der Waals surface area contributed by atoms with Crippen LogP contribution in [0.1, 0.15) is 79.1 Å². The van der Waals surface area contributed by atoms with Crippen LogP contribution in [0.5, 0.6) is 0 Å². The molecule has 20 heavy (non-hydrogen) atoms. The van der Waals surface area contributed by atoms with Gasteiger partial charge in [0.2, 0.25) is 0 Å². The van der Waals surface area contributed by atoms with Gasteiger partial charge in [0, 0.05) is 18.8 Å². The number of rotatable bonds is 4. The molecule has 0 heteroatoms. The largest absolute Gasteiger partial charge is 0.107 e. The molecule has 0 N–H and O–H groups in total. The van der Waals surface area contributed by atoms with E-state index in [1.807, 2.05) is 6.92 Å². The van der Waals surface area contributed by atoms with Gasteiger partial charge in [0.25, 0.3) is 0 Å². The van der Waals surface area contributed by atoms with Gasteiger partial charge < -0.3 is 0 Å². The first-order valence-electron chi connectivity index (χ1n) is 8.22. The molecule has 0 aromatic carbocycles. The van der Waals surface area contributed by atoms with E-state index in [2.05, 4.69) is 50.5 Å². The van der Waals surface area contributed by atoms with E-state index < -0.39 is 0 Å². The average Bonchev–Trinajstić information content (AvgIpc) is 2.66. The zero-order chi connectivity index (χ0) is 14.8. The molecule has 0 saturated heterocycles. The molecule has 0 nitrogen and oxygen atoms in total. The van der Waals surface area contributed by atoms with Crippen LogP contribution in [0, 0.1) is 35.0 Å². The highest BCUT2D eigenvalue weighted by Gasteiger charge is 2.24. The highest BCUT2D eigenvalue weighted by Crippen LogP contribution is 2.38. The van der Waals surface area contributed by atoms with Crippen LogP contribution in [-0.2, 0) is 0 Å². The average molecular weight is 270 g/mol. The molecule has 2 unspecified atom stereocenters. The third kappa shape index (κ3) is 5.46. The predicted molar refractivity (Wildman–Crippen MR) is 89.2 cm³/mol. The molecule has 0 aromatic rings. The molecule has 1 aliphatic carbocycles. The topological polar surface area (TPSA) is 0 Å². The molecule has 0 saturated carbocycles. The number of hydrogen-bond donors (Lipinski definition) is 0. The molecule has 0 heterocycles. The zero-order valence-electron chi connectivity index (χ0n) is 13.8. The maximum atomic E-state index is 3.49. The minimum atomic E-state index is 0.440. The molecule has 1 rings (SSSR count). The summed E-state index contributed by atoms with van der Waals surface area (Å²) in [5, 5.41) is 0. The lowest BCUT2D eigenvalue weighted by Crippen LogP contribution is -2.12. The summed E-state index contributed by atoms with van der Waals surface area (Å²) in [6, 6.07) is 0. The molecule has 0 aliphatic heterocycles. The van der Waals surface area contributed by atoms with Crippen molar-refractivity contribution in [3.05, 3.63) is 11.6 Å². The summed E-state index contributed by atoms with van der Waals surface area (Å²) in [7, 11) is 0. The summed E-state index contributed by atoms with van der Waals surface area (Å²) in [5.74, 6) is 13.4. The van der Waals surface area contributed by atoms with Crippen molar-refractivity contribution in [1.82, 2.24) is 0 Å². The monoisotopic (exact) mass is 270 g/mol. The van der Waals surface area contributed by atoms with Gasteiger partial charge in [-0.25, -0.2) is 0 Å². The van der Waals surface area contributed by atoms with E-state index in [1.54, 1.807) is 5.57 Å². The molecule has 0 aromatic heterocycles. The van der Waals surface area contributed by atoms with Gasteiger partial charge in [-0.1, -0.05) is 44.8 Å². The first kappa shape index (κ1) is 16.9. The van der Waals surface area contributed by atoms with Crippen molar-refractivity contribution in [2.75, 3.05) is 0 Å². The summed E-state index contributed by atoms with van der Waals surface area (Å²) < 4.78 is 0. The van der Waals surface area contributed by atoms with Crippen molar-refractivity contribution in [3.8, 4) is 23.7 Å². The van der Waals surface area contributed by atoms with Crippen molar-refractivity contribution < 1.29 is 0 Å². The summed E-state index contributed by atoms with van der Waals surface area (Å²) in [4.78, 5) is 0. The van der Waals surface area contributed by atoms with Crippen LogP contribution in [0.3, 0.4) is 0 Å². The van der Waals surface area contributed by atoms with Crippen LogP contribution in [0.4, 0.5) is 0 Å². The highest BCUT2D eigenvalue weighted by molar-refractivity contribution is 5.22. The van der Waals surface area contributed by atoms with Gasteiger partial charge in [0.1, 0.15) is 0 Å². The van der Waals surface area contributed by atoms with E-state index in [0.29, 0.717) is 11.3 Å². The van der Waals surface area contributed by atoms with Gasteiger partial charge in [0.05, 0.1) is 0 Å². The quantitative estimate of drug-likeness (QED) is 0.451. The third-order valence-corrected chi connectivity index (χ3v) is 4.59. The van der Waals surface area contributed by atoms with E-state index in [9.17, 15) is 0 Å². The maximum Gasteiger partial charge on any atom is 0.0421 e. The molecular formula is C20H30. The van der Waals surface area contributed by atoms with Gasteiger partial charge in [-0.3, -0.25) is 0 Å². The van der Waals surface area contributed by atoms with E-state index in [4.69, 9.17) is 0 Å². The second-order valence-electron chi connectivity index (χ2n) is 6.19. The first-order chi connectivity index (χ1) is 9.65. The van der Waals surface area contributed by atoms with Crippen molar-refractivity contribution in [2.24, 2.45) is 11.3 Å². The molecule has 1 aliphatic rings. The Morgan fingerprint density at radius 1 is 1.30 bits per heavy atom. The number of hydrogen-bond acceptors (Lipinski definition) is 0. The molecule has 0 bridgehead atoms. The minimum Gasteiger partial charge on any atom is -0.107 e. The van der Waals surface area contributed by atoms with E-state index in [-0.39, 0.29) is 0 Å². The number of allylic oxidation sites excluding steroid dienone is 2. The fourth-order valence-electron chi connectivity index (χ4n) is 2.86. The van der Waals surface area contributed by atoms with Crippen LogP contribution in [0.2, 0.25) is 0 Å². The molecule has 0 spiro atoms. The van der Waals surface area contributed by atoms with Gasteiger partial charge in [-0.05, 0) is 44.4 Å². The van der Waals surface area contributed by atoms with Gasteiger partial charge in [0.15, 0.2) is 0 Å². The lowest BCUT2D eigenvalue weighted by atomic mass is 9.81. The van der Waals surface area contributed by atoms with Crippen LogP contribution < -0.4 is 0 Å². The van der Waals surface area contributed by atoms with Crippen molar-refractivity contribution >= 4 is 0 Å². The summed E-state index contributed by atoms with van der Waals surface area (Å²) in [6.45, 7) is 8.81. The fourth-order valence-corrected chi connectivity index (χ4v) is 2.86. The Morgan fingerprint density at radius 3 is 2.75 bits per heavy atom. The van der Waals surface area contributed by atoms with Crippen molar-refractivity contribution in [3.63, 3.8) is 0 Å². The normalized spacial score (nSPS) is 23.5. The van der Waals surface area contributed by atoms with E-state index >= 15 is 0 Å². The van der Waals surface area contributed by atoms with Crippen molar-refractivity contribution in [2.45, 2.75) is 79.1 Å². The Bertz CT molecular complexity index is 432. The van der Waals surface area contributed by atoms with Gasteiger partial charge in [-0.2, -0.15) is 0 Å². The molecule has 0 amide bonds. The van der Waals surface area contributed by atoms with E-state index in [1.165, 1.54) is 32.1 Å². The Labute approximate surface area is 126 Å². The fraction of sp³-hybridized carbons (Fsp3) is 0.700. The van der Waals surface area contributed by atoms with Crippen LogP contribution in [0.25, 0.3) is 0 Å². The molecule has 2 atom stereocenters. The Kier molecular flexibility index (Phi) is 7.54. The summed E-state index contributed by atoms with van der Waals surface area (Å²) >= 11 is 0. The second-order valence-corrected chi connectivity index (χ2v) is 6.19. The lowest BCUT2D eigenvalue weighted by Gasteiger charge is -2.25. The Hall–Kier alpha value is -1.14. The second kappa shape index (κ2) is 8.92. The van der Waals surface area contributed by atoms with Gasteiger partial charge >= 0.3 is 0 Å². The smallest absolute Gasteiger partial charge is 0.0421 e. The molecule has 110 valence electrons. The predicted octanol–water partition coefficient (Wildman–Crippen LogP) is 5.74. The SMILES string of the molecule is CC#CCCC(C#CCC)C1=CCC(C)(CC)CCC1. The Balaban J connectivity index is 2.80. The Morgan fingerprint density at radius 2 is 2.10 bits per heavy atom. The van der Waals surface area contributed by atoms with E-state index in [0.717, 1.165) is 19.3 Å². The lowest BCUT2D eigenvalue weighted by molar-refractivity contribution is 0.287. The summed E-state index contributed by atoms with van der Waals surface area (Å²) in [6.07, 6.45) is 11.9. The van der Waals surface area contributed by atoms with Crippen LogP contribution in [0.15, 0.2) is 11.6 Å².